The van der Waals surface area contributed by atoms with Crippen LogP contribution >= 0.6 is 23.2 Å². The fourth-order valence-electron chi connectivity index (χ4n) is 2.46. The largest absolute Gasteiger partial charge is 0.341 e. The molecule has 0 bridgehead atoms. The number of amides is 1. The van der Waals surface area contributed by atoms with Crippen molar-refractivity contribution >= 4 is 29.1 Å². The van der Waals surface area contributed by atoms with Gasteiger partial charge in [-0.25, -0.2) is 0 Å². The molecule has 5 heteroatoms. The third-order valence-corrected chi connectivity index (χ3v) is 4.01. The number of carbonyl (C=O) groups is 1. The third-order valence-electron chi connectivity index (χ3n) is 3.57. The molecule has 0 aliphatic carbocycles. The fraction of sp³-hybridized carbons (Fsp3) is 0.0526. The van der Waals surface area contributed by atoms with Crippen LogP contribution in [-0.4, -0.2) is 10.9 Å². The molecule has 0 radical (unpaired) electrons. The molecule has 3 aromatic rings. The van der Waals surface area contributed by atoms with E-state index in [-0.39, 0.29) is 11.9 Å². The summed E-state index contributed by atoms with van der Waals surface area (Å²) in [6, 6.07) is 18.0. The molecule has 0 saturated carbocycles. The van der Waals surface area contributed by atoms with Gasteiger partial charge >= 0.3 is 0 Å². The average Bonchev–Trinajstić information content (AvgIpc) is 2.60. The SMILES string of the molecule is O=C(NC(c1ccccc1)c1ccncc1)c1cc(Cl)cc(Cl)c1. The topological polar surface area (TPSA) is 42.0 Å². The number of pyridine rings is 1. The van der Waals surface area contributed by atoms with Crippen molar-refractivity contribution in [2.24, 2.45) is 0 Å². The Morgan fingerprint density at radius 2 is 1.46 bits per heavy atom. The van der Waals surface area contributed by atoms with E-state index in [0.717, 1.165) is 11.1 Å². The Labute approximate surface area is 150 Å². The van der Waals surface area contributed by atoms with E-state index in [9.17, 15) is 4.79 Å². The van der Waals surface area contributed by atoms with Gasteiger partial charge in [0.2, 0.25) is 0 Å². The second kappa shape index (κ2) is 7.47. The van der Waals surface area contributed by atoms with Crippen LogP contribution in [0.25, 0.3) is 0 Å². The van der Waals surface area contributed by atoms with E-state index in [1.807, 2.05) is 42.5 Å². The van der Waals surface area contributed by atoms with E-state index in [1.54, 1.807) is 30.6 Å². The summed E-state index contributed by atoms with van der Waals surface area (Å²) >= 11 is 12.0. The summed E-state index contributed by atoms with van der Waals surface area (Å²) in [7, 11) is 0. The standard InChI is InChI=1S/C19H14Cl2N2O/c20-16-10-15(11-17(21)12-16)19(24)23-18(13-4-2-1-3-5-13)14-6-8-22-9-7-14/h1-12,18H,(H,23,24). The minimum Gasteiger partial charge on any atom is -0.341 e. The Hall–Kier alpha value is -2.36. The molecular formula is C19H14Cl2N2O. The summed E-state index contributed by atoms with van der Waals surface area (Å²) in [4.78, 5) is 16.7. The first kappa shape index (κ1) is 16.5. The van der Waals surface area contributed by atoms with E-state index < -0.39 is 0 Å². The lowest BCUT2D eigenvalue weighted by Gasteiger charge is -2.20. The smallest absolute Gasteiger partial charge is 0.252 e. The summed E-state index contributed by atoms with van der Waals surface area (Å²) in [5, 5.41) is 3.88. The van der Waals surface area contributed by atoms with Crippen molar-refractivity contribution in [3.8, 4) is 0 Å². The van der Waals surface area contributed by atoms with Crippen LogP contribution in [0.5, 0.6) is 0 Å². The molecule has 1 heterocycles. The molecule has 3 rings (SSSR count). The first-order valence-electron chi connectivity index (χ1n) is 7.35. The average molecular weight is 357 g/mol. The molecule has 1 atom stereocenters. The number of rotatable bonds is 4. The van der Waals surface area contributed by atoms with Gasteiger partial charge in [-0.05, 0) is 41.5 Å². The van der Waals surface area contributed by atoms with Gasteiger partial charge in [0.15, 0.2) is 0 Å². The molecule has 0 spiro atoms. The van der Waals surface area contributed by atoms with Crippen LogP contribution in [0.15, 0.2) is 73.1 Å². The van der Waals surface area contributed by atoms with Gasteiger partial charge < -0.3 is 5.32 Å². The zero-order chi connectivity index (χ0) is 16.9. The first-order valence-corrected chi connectivity index (χ1v) is 8.11. The lowest BCUT2D eigenvalue weighted by molar-refractivity contribution is 0.0943. The van der Waals surface area contributed by atoms with Crippen LogP contribution in [0.4, 0.5) is 0 Å². The Bertz CT molecular complexity index is 779. The van der Waals surface area contributed by atoms with Crippen LogP contribution < -0.4 is 5.32 Å². The Kier molecular flexibility index (Phi) is 5.14. The zero-order valence-corrected chi connectivity index (χ0v) is 14.1. The number of carbonyl (C=O) groups excluding carboxylic acids is 1. The Morgan fingerprint density at radius 1 is 0.875 bits per heavy atom. The number of benzene rings is 2. The molecule has 1 aromatic heterocycles. The molecule has 3 nitrogen and oxygen atoms in total. The zero-order valence-electron chi connectivity index (χ0n) is 12.6. The summed E-state index contributed by atoms with van der Waals surface area (Å²) in [6.45, 7) is 0. The number of halogens is 2. The fourth-order valence-corrected chi connectivity index (χ4v) is 2.99. The highest BCUT2D eigenvalue weighted by atomic mass is 35.5. The van der Waals surface area contributed by atoms with Gasteiger partial charge in [0.1, 0.15) is 0 Å². The van der Waals surface area contributed by atoms with Crippen molar-refractivity contribution in [2.75, 3.05) is 0 Å². The molecule has 24 heavy (non-hydrogen) atoms. The molecule has 1 amide bonds. The van der Waals surface area contributed by atoms with Crippen molar-refractivity contribution in [3.05, 3.63) is 99.8 Å². The molecule has 0 saturated heterocycles. The van der Waals surface area contributed by atoms with Gasteiger partial charge in [-0.1, -0.05) is 53.5 Å². The quantitative estimate of drug-likeness (QED) is 0.721. The second-order valence-corrected chi connectivity index (χ2v) is 6.13. The number of hydrogen-bond donors (Lipinski definition) is 1. The predicted octanol–water partition coefficient (Wildman–Crippen LogP) is 4.91. The number of aromatic nitrogens is 1. The third kappa shape index (κ3) is 3.94. The van der Waals surface area contributed by atoms with Crippen molar-refractivity contribution < 1.29 is 4.79 Å². The van der Waals surface area contributed by atoms with E-state index in [0.29, 0.717) is 15.6 Å². The van der Waals surface area contributed by atoms with E-state index in [4.69, 9.17) is 23.2 Å². The summed E-state index contributed by atoms with van der Waals surface area (Å²) in [6.07, 6.45) is 3.40. The molecule has 2 aromatic carbocycles. The van der Waals surface area contributed by atoms with Gasteiger partial charge in [0.05, 0.1) is 6.04 Å². The Morgan fingerprint density at radius 3 is 2.08 bits per heavy atom. The van der Waals surface area contributed by atoms with Crippen molar-refractivity contribution in [3.63, 3.8) is 0 Å². The van der Waals surface area contributed by atoms with E-state index >= 15 is 0 Å². The van der Waals surface area contributed by atoms with Gasteiger partial charge in [-0.15, -0.1) is 0 Å². The molecule has 0 aliphatic rings. The maximum Gasteiger partial charge on any atom is 0.252 e. The van der Waals surface area contributed by atoms with Crippen LogP contribution in [0.3, 0.4) is 0 Å². The van der Waals surface area contributed by atoms with Crippen LogP contribution in [0.1, 0.15) is 27.5 Å². The molecule has 1 unspecified atom stereocenters. The summed E-state index contributed by atoms with van der Waals surface area (Å²) < 4.78 is 0. The minimum atomic E-state index is -0.292. The Balaban J connectivity index is 1.93. The predicted molar refractivity (Wildman–Crippen MR) is 96.5 cm³/mol. The number of hydrogen-bond acceptors (Lipinski definition) is 2. The van der Waals surface area contributed by atoms with Crippen LogP contribution in [-0.2, 0) is 0 Å². The number of nitrogens with zero attached hydrogens (tertiary/aromatic N) is 1. The van der Waals surface area contributed by atoms with Gasteiger partial charge in [-0.3, -0.25) is 9.78 Å². The summed E-state index contributed by atoms with van der Waals surface area (Å²) in [5.74, 6) is -0.245. The normalized spacial score (nSPS) is 11.8. The second-order valence-electron chi connectivity index (χ2n) is 5.26. The highest BCUT2D eigenvalue weighted by Gasteiger charge is 2.18. The molecule has 0 aliphatic heterocycles. The lowest BCUT2D eigenvalue weighted by atomic mass is 9.99. The highest BCUT2D eigenvalue weighted by molar-refractivity contribution is 6.35. The molecule has 120 valence electrons. The lowest BCUT2D eigenvalue weighted by Crippen LogP contribution is -2.29. The monoisotopic (exact) mass is 356 g/mol. The van der Waals surface area contributed by atoms with Gasteiger partial charge in [0.25, 0.3) is 5.91 Å². The maximum atomic E-state index is 12.7. The molecular weight excluding hydrogens is 343 g/mol. The van der Waals surface area contributed by atoms with Crippen molar-refractivity contribution in [1.29, 1.82) is 0 Å². The van der Waals surface area contributed by atoms with Gasteiger partial charge in [-0.2, -0.15) is 0 Å². The highest BCUT2D eigenvalue weighted by Crippen LogP contribution is 2.23. The molecule has 1 N–H and O–H groups in total. The van der Waals surface area contributed by atoms with Crippen molar-refractivity contribution in [1.82, 2.24) is 10.3 Å². The molecule has 0 fully saturated rings. The minimum absolute atomic E-state index is 0.245. The number of nitrogens with one attached hydrogen (secondary N) is 1. The first-order chi connectivity index (χ1) is 11.6. The van der Waals surface area contributed by atoms with Crippen LogP contribution in [0, 0.1) is 0 Å². The van der Waals surface area contributed by atoms with Crippen molar-refractivity contribution in [2.45, 2.75) is 6.04 Å². The van der Waals surface area contributed by atoms with Gasteiger partial charge in [0, 0.05) is 28.0 Å². The van der Waals surface area contributed by atoms with E-state index in [2.05, 4.69) is 10.3 Å². The van der Waals surface area contributed by atoms with Crippen LogP contribution in [0.2, 0.25) is 10.0 Å². The van der Waals surface area contributed by atoms with E-state index in [1.165, 1.54) is 0 Å². The maximum absolute atomic E-state index is 12.7. The summed E-state index contributed by atoms with van der Waals surface area (Å²) in [5.41, 5.74) is 2.34.